The van der Waals surface area contributed by atoms with E-state index in [1.54, 1.807) is 0 Å². The Morgan fingerprint density at radius 3 is 1.69 bits per heavy atom. The highest BCUT2D eigenvalue weighted by molar-refractivity contribution is 5.84. The predicted octanol–water partition coefficient (Wildman–Crippen LogP) is 3.46. The molecule has 13 heavy (non-hydrogen) atoms. The van der Waals surface area contributed by atoms with Crippen LogP contribution in [-0.2, 0) is 0 Å². The Bertz CT molecular complexity index is 118. The molecule has 2 heteroatoms. The lowest BCUT2D eigenvalue weighted by Gasteiger charge is -2.03. The van der Waals surface area contributed by atoms with E-state index in [0.29, 0.717) is 0 Å². The van der Waals surface area contributed by atoms with E-state index >= 15 is 0 Å². The molecule has 0 saturated heterocycles. The molecule has 0 aromatic carbocycles. The first kappa shape index (κ1) is 12.5. The Hall–Kier alpha value is -0.530. The van der Waals surface area contributed by atoms with Crippen LogP contribution in [0.3, 0.4) is 0 Å². The summed E-state index contributed by atoms with van der Waals surface area (Å²) < 4.78 is 0. The van der Waals surface area contributed by atoms with Gasteiger partial charge in [-0.3, -0.25) is 0 Å². The minimum Gasteiger partial charge on any atom is -0.323 e. The van der Waals surface area contributed by atoms with Gasteiger partial charge in [0.15, 0.2) is 0 Å². The zero-order valence-electron chi connectivity index (χ0n) is 9.18. The van der Waals surface area contributed by atoms with E-state index < -0.39 is 0 Å². The molecule has 0 spiro atoms. The maximum Gasteiger partial charge on any atom is 0.0375 e. The van der Waals surface area contributed by atoms with Crippen LogP contribution in [-0.4, -0.2) is 5.71 Å². The van der Waals surface area contributed by atoms with Crippen LogP contribution in [0.2, 0.25) is 0 Å². The molecule has 2 N–H and O–H groups in total. The van der Waals surface area contributed by atoms with Crippen molar-refractivity contribution in [2.24, 2.45) is 10.9 Å². The third kappa shape index (κ3) is 7.82. The molecule has 0 aliphatic rings. The van der Waals surface area contributed by atoms with Gasteiger partial charge in [-0.25, -0.2) is 0 Å². The molecule has 0 aromatic rings. The summed E-state index contributed by atoms with van der Waals surface area (Å²) in [5.41, 5.74) is 1.21. The van der Waals surface area contributed by atoms with Crippen LogP contribution >= 0.6 is 0 Å². The third-order valence-corrected chi connectivity index (χ3v) is 2.32. The van der Waals surface area contributed by atoms with E-state index in [0.717, 1.165) is 12.8 Å². The summed E-state index contributed by atoms with van der Waals surface area (Å²) in [5, 5.41) is 3.85. The number of hydrogen-bond donors (Lipinski definition) is 1. The van der Waals surface area contributed by atoms with E-state index in [1.165, 1.54) is 44.2 Å². The summed E-state index contributed by atoms with van der Waals surface area (Å²) in [5.74, 6) is 5.33. The number of nitrogens with two attached hydrogens (primary N) is 1. The summed E-state index contributed by atoms with van der Waals surface area (Å²) in [7, 11) is 0. The number of rotatable bonds is 8. The Labute approximate surface area is 82.6 Å². The van der Waals surface area contributed by atoms with Crippen molar-refractivity contribution in [3.05, 3.63) is 0 Å². The minimum absolute atomic E-state index is 1.11. The van der Waals surface area contributed by atoms with Crippen molar-refractivity contribution < 1.29 is 0 Å². The van der Waals surface area contributed by atoms with Gasteiger partial charge >= 0.3 is 0 Å². The molecule has 0 radical (unpaired) electrons. The fourth-order valence-corrected chi connectivity index (χ4v) is 1.41. The molecule has 0 unspecified atom stereocenters. The summed E-state index contributed by atoms with van der Waals surface area (Å²) in [6.45, 7) is 4.44. The van der Waals surface area contributed by atoms with E-state index in [9.17, 15) is 0 Å². The lowest BCUT2D eigenvalue weighted by molar-refractivity contribution is 0.708. The molecule has 0 bridgehead atoms. The van der Waals surface area contributed by atoms with Gasteiger partial charge in [-0.1, -0.05) is 39.5 Å². The van der Waals surface area contributed by atoms with Gasteiger partial charge in [-0.15, -0.1) is 0 Å². The molecule has 78 valence electrons. The van der Waals surface area contributed by atoms with Crippen LogP contribution in [0.15, 0.2) is 5.10 Å². The summed E-state index contributed by atoms with van der Waals surface area (Å²) in [6.07, 6.45) is 9.85. The second-order valence-electron chi connectivity index (χ2n) is 3.61. The van der Waals surface area contributed by atoms with Crippen molar-refractivity contribution in [2.45, 2.75) is 65.2 Å². The van der Waals surface area contributed by atoms with Gasteiger partial charge in [-0.05, 0) is 25.7 Å². The lowest BCUT2D eigenvalue weighted by atomic mass is 10.1. The SMILES string of the molecule is CCCCCC(CCCCC)=NN. The van der Waals surface area contributed by atoms with Gasteiger partial charge in [0.25, 0.3) is 0 Å². The molecule has 0 aliphatic carbocycles. The van der Waals surface area contributed by atoms with Crippen molar-refractivity contribution in [3.8, 4) is 0 Å². The first-order chi connectivity index (χ1) is 6.35. The zero-order valence-corrected chi connectivity index (χ0v) is 9.18. The van der Waals surface area contributed by atoms with Gasteiger partial charge in [0.1, 0.15) is 0 Å². The first-order valence-electron chi connectivity index (χ1n) is 5.60. The summed E-state index contributed by atoms with van der Waals surface area (Å²) in [6, 6.07) is 0. The molecular formula is C11H24N2. The van der Waals surface area contributed by atoms with Gasteiger partial charge < -0.3 is 5.84 Å². The van der Waals surface area contributed by atoms with Gasteiger partial charge in [0.2, 0.25) is 0 Å². The molecule has 2 nitrogen and oxygen atoms in total. The molecule has 0 aliphatic heterocycles. The smallest absolute Gasteiger partial charge is 0.0375 e. The van der Waals surface area contributed by atoms with E-state index in [2.05, 4.69) is 18.9 Å². The number of unbranched alkanes of at least 4 members (excludes halogenated alkanes) is 4. The van der Waals surface area contributed by atoms with Crippen molar-refractivity contribution in [3.63, 3.8) is 0 Å². The Balaban J connectivity index is 3.41. The maximum atomic E-state index is 5.33. The summed E-state index contributed by atoms with van der Waals surface area (Å²) in [4.78, 5) is 0. The molecule has 0 rings (SSSR count). The first-order valence-corrected chi connectivity index (χ1v) is 5.60. The fourth-order valence-electron chi connectivity index (χ4n) is 1.41. The van der Waals surface area contributed by atoms with Crippen LogP contribution in [0.5, 0.6) is 0 Å². The number of hydrazone groups is 1. The second-order valence-corrected chi connectivity index (χ2v) is 3.61. The highest BCUT2D eigenvalue weighted by atomic mass is 15.1. The van der Waals surface area contributed by atoms with Crippen molar-refractivity contribution in [1.29, 1.82) is 0 Å². The molecule has 0 saturated carbocycles. The monoisotopic (exact) mass is 184 g/mol. The third-order valence-electron chi connectivity index (χ3n) is 2.32. The Morgan fingerprint density at radius 1 is 0.923 bits per heavy atom. The van der Waals surface area contributed by atoms with E-state index in [-0.39, 0.29) is 0 Å². The minimum atomic E-state index is 1.11. The standard InChI is InChI=1S/C11H24N2/c1-3-5-7-9-11(13-12)10-8-6-4-2/h3-10,12H2,1-2H3. The maximum absolute atomic E-state index is 5.33. The Kier molecular flexibility index (Phi) is 9.17. The number of nitrogens with zero attached hydrogens (tertiary/aromatic N) is 1. The number of hydrogen-bond acceptors (Lipinski definition) is 2. The van der Waals surface area contributed by atoms with Crippen molar-refractivity contribution in [1.82, 2.24) is 0 Å². The van der Waals surface area contributed by atoms with Crippen molar-refractivity contribution >= 4 is 5.71 Å². The summed E-state index contributed by atoms with van der Waals surface area (Å²) >= 11 is 0. The molecule has 0 aromatic heterocycles. The topological polar surface area (TPSA) is 38.4 Å². The van der Waals surface area contributed by atoms with Crippen LogP contribution in [0.25, 0.3) is 0 Å². The zero-order chi connectivity index (χ0) is 9.94. The molecular weight excluding hydrogens is 160 g/mol. The van der Waals surface area contributed by atoms with E-state index in [1.807, 2.05) is 0 Å². The highest BCUT2D eigenvalue weighted by Crippen LogP contribution is 2.07. The quantitative estimate of drug-likeness (QED) is 0.267. The molecule has 0 heterocycles. The van der Waals surface area contributed by atoms with Crippen LogP contribution in [0.4, 0.5) is 0 Å². The largest absolute Gasteiger partial charge is 0.323 e. The van der Waals surface area contributed by atoms with Crippen LogP contribution < -0.4 is 5.84 Å². The average molecular weight is 184 g/mol. The highest BCUT2D eigenvalue weighted by Gasteiger charge is 1.98. The molecule has 0 fully saturated rings. The van der Waals surface area contributed by atoms with Gasteiger partial charge in [-0.2, -0.15) is 5.10 Å². The lowest BCUT2D eigenvalue weighted by Crippen LogP contribution is -2.02. The van der Waals surface area contributed by atoms with E-state index in [4.69, 9.17) is 5.84 Å². The van der Waals surface area contributed by atoms with Crippen LogP contribution in [0, 0.1) is 0 Å². The normalized spacial score (nSPS) is 10.0. The van der Waals surface area contributed by atoms with Crippen molar-refractivity contribution in [2.75, 3.05) is 0 Å². The Morgan fingerprint density at radius 2 is 1.38 bits per heavy atom. The predicted molar refractivity (Wildman–Crippen MR) is 59.9 cm³/mol. The molecule has 0 amide bonds. The second kappa shape index (κ2) is 9.56. The molecule has 0 atom stereocenters. The van der Waals surface area contributed by atoms with Gasteiger partial charge in [0.05, 0.1) is 0 Å². The fraction of sp³-hybridized carbons (Fsp3) is 0.909. The van der Waals surface area contributed by atoms with Crippen LogP contribution in [0.1, 0.15) is 65.2 Å². The average Bonchev–Trinajstić information content (AvgIpc) is 2.16. The van der Waals surface area contributed by atoms with Gasteiger partial charge in [0, 0.05) is 5.71 Å².